The summed E-state index contributed by atoms with van der Waals surface area (Å²) in [7, 11) is -3.90. The predicted molar refractivity (Wildman–Crippen MR) is 96.2 cm³/mol. The van der Waals surface area contributed by atoms with Gasteiger partial charge in [-0.2, -0.15) is 4.31 Å². The number of aryl methyl sites for hydroxylation is 1. The van der Waals surface area contributed by atoms with Crippen molar-refractivity contribution < 1.29 is 13.3 Å². The molecule has 1 unspecified atom stereocenters. The second-order valence-electron chi connectivity index (χ2n) is 6.02. The van der Waals surface area contributed by atoms with Crippen LogP contribution in [-0.4, -0.2) is 42.3 Å². The van der Waals surface area contributed by atoms with Gasteiger partial charge in [-0.1, -0.05) is 19.1 Å². The number of rotatable bonds is 5. The molecule has 3 rings (SSSR count). The molecule has 2 aromatic rings. The molecule has 1 N–H and O–H groups in total. The summed E-state index contributed by atoms with van der Waals surface area (Å²) in [5.41, 5.74) is 1.12. The molecule has 26 heavy (non-hydrogen) atoms. The Morgan fingerprint density at radius 2 is 2.19 bits per heavy atom. The van der Waals surface area contributed by atoms with Crippen molar-refractivity contribution in [2.24, 2.45) is 0 Å². The van der Waals surface area contributed by atoms with Gasteiger partial charge in [0.05, 0.1) is 15.9 Å². The second-order valence-corrected chi connectivity index (χ2v) is 7.88. The van der Waals surface area contributed by atoms with Gasteiger partial charge in [-0.05, 0) is 23.6 Å². The zero-order valence-corrected chi connectivity index (χ0v) is 15.1. The van der Waals surface area contributed by atoms with Gasteiger partial charge in [-0.15, -0.1) is 0 Å². The summed E-state index contributed by atoms with van der Waals surface area (Å²) in [6.07, 6.45) is 3.75. The monoisotopic (exact) mass is 376 g/mol. The number of nitrogens with one attached hydrogen (secondary N) is 1. The van der Waals surface area contributed by atoms with E-state index >= 15 is 0 Å². The molecule has 1 aliphatic heterocycles. The van der Waals surface area contributed by atoms with E-state index in [2.05, 4.69) is 10.3 Å². The Morgan fingerprint density at radius 3 is 2.85 bits per heavy atom. The highest BCUT2D eigenvalue weighted by Gasteiger charge is 2.36. The van der Waals surface area contributed by atoms with Crippen molar-refractivity contribution in [1.82, 2.24) is 14.6 Å². The molecule has 1 saturated heterocycles. The number of aromatic nitrogens is 1. The topological polar surface area (TPSA) is 105 Å². The third-order valence-corrected chi connectivity index (χ3v) is 6.48. The molecular weight excluding hydrogens is 356 g/mol. The van der Waals surface area contributed by atoms with E-state index in [1.54, 1.807) is 18.5 Å². The first kappa shape index (κ1) is 18.4. The van der Waals surface area contributed by atoms with Crippen molar-refractivity contribution in [2.75, 3.05) is 19.6 Å². The summed E-state index contributed by atoms with van der Waals surface area (Å²) in [6.45, 7) is 3.10. The minimum atomic E-state index is -3.90. The molecule has 0 saturated carbocycles. The SMILES string of the molecule is CCc1ccc([N+](=O)[O-])cc1S(=O)(=O)N1CCNCC1c1cccnc1. The third-order valence-electron chi connectivity index (χ3n) is 4.49. The Kier molecular flexibility index (Phi) is 5.30. The first-order valence-corrected chi connectivity index (χ1v) is 9.79. The molecule has 1 fully saturated rings. The van der Waals surface area contributed by atoms with Gasteiger partial charge in [-0.25, -0.2) is 8.42 Å². The first-order chi connectivity index (χ1) is 12.4. The van der Waals surface area contributed by atoms with Gasteiger partial charge in [0, 0.05) is 44.2 Å². The number of non-ortho nitro benzene ring substituents is 1. The van der Waals surface area contributed by atoms with Crippen LogP contribution in [-0.2, 0) is 16.4 Å². The number of nitrogens with zero attached hydrogens (tertiary/aromatic N) is 3. The van der Waals surface area contributed by atoms with Crippen LogP contribution in [0.2, 0.25) is 0 Å². The average molecular weight is 376 g/mol. The van der Waals surface area contributed by atoms with Crippen molar-refractivity contribution in [3.8, 4) is 0 Å². The molecule has 1 atom stereocenters. The highest BCUT2D eigenvalue weighted by atomic mass is 32.2. The van der Waals surface area contributed by atoms with E-state index < -0.39 is 21.0 Å². The van der Waals surface area contributed by atoms with Crippen molar-refractivity contribution in [2.45, 2.75) is 24.3 Å². The van der Waals surface area contributed by atoms with Gasteiger partial charge in [0.1, 0.15) is 0 Å². The average Bonchev–Trinajstić information content (AvgIpc) is 2.68. The number of hydrogen-bond donors (Lipinski definition) is 1. The lowest BCUT2D eigenvalue weighted by molar-refractivity contribution is -0.385. The Balaban J connectivity index is 2.08. The Hall–Kier alpha value is -2.36. The Bertz CT molecular complexity index is 902. The molecule has 0 radical (unpaired) electrons. The van der Waals surface area contributed by atoms with Gasteiger partial charge in [0.15, 0.2) is 0 Å². The lowest BCUT2D eigenvalue weighted by atomic mass is 10.1. The summed E-state index contributed by atoms with van der Waals surface area (Å²) < 4.78 is 28.2. The summed E-state index contributed by atoms with van der Waals surface area (Å²) in [4.78, 5) is 14.6. The van der Waals surface area contributed by atoms with Gasteiger partial charge < -0.3 is 5.32 Å². The number of piperazine rings is 1. The van der Waals surface area contributed by atoms with Crippen molar-refractivity contribution >= 4 is 15.7 Å². The second kappa shape index (κ2) is 7.48. The van der Waals surface area contributed by atoms with Gasteiger partial charge in [-0.3, -0.25) is 15.1 Å². The normalized spacial score (nSPS) is 18.6. The first-order valence-electron chi connectivity index (χ1n) is 8.35. The maximum absolute atomic E-state index is 13.4. The van der Waals surface area contributed by atoms with E-state index in [0.29, 0.717) is 25.1 Å². The van der Waals surface area contributed by atoms with E-state index in [-0.39, 0.29) is 17.1 Å². The van der Waals surface area contributed by atoms with E-state index in [0.717, 1.165) is 11.6 Å². The zero-order chi connectivity index (χ0) is 18.7. The maximum Gasteiger partial charge on any atom is 0.270 e. The zero-order valence-electron chi connectivity index (χ0n) is 14.3. The number of sulfonamides is 1. The minimum absolute atomic E-state index is 0.00462. The smallest absolute Gasteiger partial charge is 0.270 e. The minimum Gasteiger partial charge on any atom is -0.313 e. The third kappa shape index (κ3) is 3.46. The van der Waals surface area contributed by atoms with Crippen LogP contribution in [0.15, 0.2) is 47.6 Å². The summed E-state index contributed by atoms with van der Waals surface area (Å²) in [6, 6.07) is 7.21. The molecule has 1 aliphatic rings. The lowest BCUT2D eigenvalue weighted by Gasteiger charge is -2.35. The van der Waals surface area contributed by atoms with E-state index in [1.807, 2.05) is 13.0 Å². The van der Waals surface area contributed by atoms with E-state index in [9.17, 15) is 18.5 Å². The standard InChI is InChI=1S/C17H20N4O4S/c1-2-13-5-6-15(21(22)23)10-17(13)26(24,25)20-9-8-19-12-16(20)14-4-3-7-18-11-14/h3-7,10-11,16,19H,2,8-9,12H2,1H3. The van der Waals surface area contributed by atoms with Crippen LogP contribution in [0.1, 0.15) is 24.1 Å². The molecule has 1 aromatic heterocycles. The maximum atomic E-state index is 13.4. The molecule has 1 aromatic carbocycles. The van der Waals surface area contributed by atoms with Gasteiger partial charge in [0.25, 0.3) is 5.69 Å². The highest BCUT2D eigenvalue weighted by molar-refractivity contribution is 7.89. The number of hydrogen-bond acceptors (Lipinski definition) is 6. The van der Waals surface area contributed by atoms with Crippen LogP contribution in [0.3, 0.4) is 0 Å². The molecule has 0 spiro atoms. The number of nitro groups is 1. The molecule has 0 aliphatic carbocycles. The van der Waals surface area contributed by atoms with Crippen LogP contribution >= 0.6 is 0 Å². The van der Waals surface area contributed by atoms with Crippen LogP contribution in [0, 0.1) is 10.1 Å². The van der Waals surface area contributed by atoms with Crippen molar-refractivity contribution in [3.05, 3.63) is 64.0 Å². The molecule has 0 bridgehead atoms. The van der Waals surface area contributed by atoms with E-state index in [1.165, 1.54) is 16.4 Å². The summed E-state index contributed by atoms with van der Waals surface area (Å²) in [5.74, 6) is 0. The molecule has 0 amide bonds. The Labute approximate surface area is 152 Å². The van der Waals surface area contributed by atoms with Crippen LogP contribution < -0.4 is 5.32 Å². The van der Waals surface area contributed by atoms with Crippen LogP contribution in [0.4, 0.5) is 5.69 Å². The molecular formula is C17H20N4O4S. The molecule has 8 nitrogen and oxygen atoms in total. The largest absolute Gasteiger partial charge is 0.313 e. The molecule has 9 heteroatoms. The number of benzene rings is 1. The van der Waals surface area contributed by atoms with E-state index in [4.69, 9.17) is 0 Å². The van der Waals surface area contributed by atoms with Crippen LogP contribution in [0.25, 0.3) is 0 Å². The van der Waals surface area contributed by atoms with Crippen molar-refractivity contribution in [3.63, 3.8) is 0 Å². The van der Waals surface area contributed by atoms with Crippen molar-refractivity contribution in [1.29, 1.82) is 0 Å². The summed E-state index contributed by atoms with van der Waals surface area (Å²) >= 11 is 0. The quantitative estimate of drug-likeness (QED) is 0.631. The Morgan fingerprint density at radius 1 is 1.38 bits per heavy atom. The molecule has 138 valence electrons. The predicted octanol–water partition coefficient (Wildman–Crippen LogP) is 1.89. The fraction of sp³-hybridized carbons (Fsp3) is 0.353. The highest BCUT2D eigenvalue weighted by Crippen LogP contribution is 2.32. The van der Waals surface area contributed by atoms with Gasteiger partial charge >= 0.3 is 0 Å². The number of nitro benzene ring substituents is 1. The van der Waals surface area contributed by atoms with Gasteiger partial charge in [0.2, 0.25) is 10.0 Å². The fourth-order valence-electron chi connectivity index (χ4n) is 3.15. The number of pyridine rings is 1. The fourth-order valence-corrected chi connectivity index (χ4v) is 5.07. The summed E-state index contributed by atoms with van der Waals surface area (Å²) in [5, 5.41) is 14.3. The van der Waals surface area contributed by atoms with Crippen LogP contribution in [0.5, 0.6) is 0 Å². The lowest BCUT2D eigenvalue weighted by Crippen LogP contribution is -2.48. The molecule has 2 heterocycles.